The van der Waals surface area contributed by atoms with E-state index in [9.17, 15) is 4.79 Å². The van der Waals surface area contributed by atoms with Gasteiger partial charge in [-0.15, -0.1) is 0 Å². The molecule has 0 unspecified atom stereocenters. The molecule has 0 saturated heterocycles. The first-order chi connectivity index (χ1) is 9.19. The summed E-state index contributed by atoms with van der Waals surface area (Å²) < 4.78 is 0. The molecule has 0 bridgehead atoms. The highest BCUT2D eigenvalue weighted by Crippen LogP contribution is 2.04. The summed E-state index contributed by atoms with van der Waals surface area (Å²) in [6.07, 6.45) is 1.39. The summed E-state index contributed by atoms with van der Waals surface area (Å²) in [5.41, 5.74) is 2.95. The van der Waals surface area contributed by atoms with E-state index in [-0.39, 0.29) is 5.91 Å². The number of amides is 1. The van der Waals surface area contributed by atoms with Gasteiger partial charge in [-0.25, -0.2) is 4.98 Å². The van der Waals surface area contributed by atoms with Crippen molar-refractivity contribution < 1.29 is 4.79 Å². The fraction of sp³-hybridized carbons (Fsp3) is 0.133. The normalized spacial score (nSPS) is 9.68. The molecule has 19 heavy (non-hydrogen) atoms. The molecule has 0 atom stereocenters. The standard InChI is InChI=1S/C15H13N3O/c1-11-3-2-4-12(7-11)9-18-15(19)14-6-5-13(8-16)10-17-14/h2-7,10H,9H2,1H3,(H,18,19). The number of rotatable bonds is 3. The van der Waals surface area contributed by atoms with Crippen LogP contribution in [0.4, 0.5) is 0 Å². The Labute approximate surface area is 111 Å². The number of pyridine rings is 1. The van der Waals surface area contributed by atoms with Crippen LogP contribution in [0.25, 0.3) is 0 Å². The van der Waals surface area contributed by atoms with E-state index in [1.807, 2.05) is 37.3 Å². The largest absolute Gasteiger partial charge is 0.347 e. The van der Waals surface area contributed by atoms with Crippen molar-refractivity contribution in [3.8, 4) is 6.07 Å². The zero-order chi connectivity index (χ0) is 13.7. The van der Waals surface area contributed by atoms with Gasteiger partial charge in [-0.2, -0.15) is 5.26 Å². The molecule has 0 fully saturated rings. The lowest BCUT2D eigenvalue weighted by Gasteiger charge is -2.05. The van der Waals surface area contributed by atoms with Gasteiger partial charge in [0.05, 0.1) is 5.56 Å². The van der Waals surface area contributed by atoms with Gasteiger partial charge >= 0.3 is 0 Å². The van der Waals surface area contributed by atoms with Gasteiger partial charge in [0.15, 0.2) is 0 Å². The molecule has 2 aromatic rings. The Hall–Kier alpha value is -2.67. The average Bonchev–Trinajstić information content (AvgIpc) is 2.45. The van der Waals surface area contributed by atoms with Gasteiger partial charge in [0, 0.05) is 12.7 Å². The average molecular weight is 251 g/mol. The predicted molar refractivity (Wildman–Crippen MR) is 71.3 cm³/mol. The Morgan fingerprint density at radius 1 is 1.37 bits per heavy atom. The van der Waals surface area contributed by atoms with Crippen LogP contribution < -0.4 is 5.32 Å². The highest BCUT2D eigenvalue weighted by molar-refractivity contribution is 5.92. The molecule has 2 rings (SSSR count). The molecule has 94 valence electrons. The van der Waals surface area contributed by atoms with E-state index in [1.165, 1.54) is 6.20 Å². The van der Waals surface area contributed by atoms with Crippen molar-refractivity contribution in [3.63, 3.8) is 0 Å². The summed E-state index contributed by atoms with van der Waals surface area (Å²) in [5, 5.41) is 11.5. The van der Waals surface area contributed by atoms with Crippen LogP contribution in [0.15, 0.2) is 42.6 Å². The number of carbonyl (C=O) groups excluding carboxylic acids is 1. The number of aromatic nitrogens is 1. The van der Waals surface area contributed by atoms with Crippen LogP contribution in [-0.2, 0) is 6.54 Å². The first kappa shape index (κ1) is 12.8. The third-order valence-corrected chi connectivity index (χ3v) is 2.66. The molecule has 1 aromatic carbocycles. The molecule has 1 heterocycles. The molecule has 0 aliphatic rings. The van der Waals surface area contributed by atoms with E-state index in [1.54, 1.807) is 12.1 Å². The van der Waals surface area contributed by atoms with Crippen LogP contribution in [-0.4, -0.2) is 10.9 Å². The second kappa shape index (κ2) is 5.78. The molecule has 0 radical (unpaired) electrons. The summed E-state index contributed by atoms with van der Waals surface area (Å²) in [7, 11) is 0. The highest BCUT2D eigenvalue weighted by atomic mass is 16.1. The first-order valence-corrected chi connectivity index (χ1v) is 5.89. The second-order valence-corrected chi connectivity index (χ2v) is 4.22. The fourth-order valence-corrected chi connectivity index (χ4v) is 1.69. The maximum atomic E-state index is 11.8. The third kappa shape index (κ3) is 3.39. The van der Waals surface area contributed by atoms with E-state index < -0.39 is 0 Å². The maximum Gasteiger partial charge on any atom is 0.270 e. The van der Waals surface area contributed by atoms with Crippen molar-refractivity contribution in [1.29, 1.82) is 5.26 Å². The Morgan fingerprint density at radius 2 is 2.21 bits per heavy atom. The van der Waals surface area contributed by atoms with E-state index in [2.05, 4.69) is 10.3 Å². The van der Waals surface area contributed by atoms with Gasteiger partial charge < -0.3 is 5.32 Å². The Balaban J connectivity index is 1.99. The molecule has 0 aliphatic carbocycles. The highest BCUT2D eigenvalue weighted by Gasteiger charge is 2.06. The van der Waals surface area contributed by atoms with Gasteiger partial charge in [0.2, 0.25) is 0 Å². The molecule has 0 saturated carbocycles. The van der Waals surface area contributed by atoms with E-state index in [0.717, 1.165) is 11.1 Å². The minimum absolute atomic E-state index is 0.244. The lowest BCUT2D eigenvalue weighted by molar-refractivity contribution is 0.0946. The van der Waals surface area contributed by atoms with E-state index in [0.29, 0.717) is 17.8 Å². The molecular weight excluding hydrogens is 238 g/mol. The SMILES string of the molecule is Cc1cccc(CNC(=O)c2ccc(C#N)cn2)c1. The summed E-state index contributed by atoms with van der Waals surface area (Å²) >= 11 is 0. The summed E-state index contributed by atoms with van der Waals surface area (Å²) in [6, 6.07) is 13.0. The van der Waals surface area contributed by atoms with Gasteiger partial charge in [-0.1, -0.05) is 29.8 Å². The Morgan fingerprint density at radius 3 is 2.84 bits per heavy atom. The Kier molecular flexibility index (Phi) is 3.89. The molecule has 1 aromatic heterocycles. The van der Waals surface area contributed by atoms with Crippen LogP contribution >= 0.6 is 0 Å². The monoisotopic (exact) mass is 251 g/mol. The van der Waals surface area contributed by atoms with Crippen LogP contribution in [0.1, 0.15) is 27.2 Å². The summed E-state index contributed by atoms with van der Waals surface area (Å²) in [6.45, 7) is 2.47. The van der Waals surface area contributed by atoms with Crippen LogP contribution in [0.5, 0.6) is 0 Å². The summed E-state index contributed by atoms with van der Waals surface area (Å²) in [5.74, 6) is -0.244. The van der Waals surface area contributed by atoms with Gasteiger partial charge in [0.25, 0.3) is 5.91 Å². The Bertz CT molecular complexity index is 627. The smallest absolute Gasteiger partial charge is 0.270 e. The van der Waals surface area contributed by atoms with Gasteiger partial charge in [-0.05, 0) is 24.6 Å². The molecule has 1 amide bonds. The zero-order valence-corrected chi connectivity index (χ0v) is 10.6. The molecule has 4 heteroatoms. The number of nitriles is 1. The number of carbonyl (C=O) groups is 1. The summed E-state index contributed by atoms with van der Waals surface area (Å²) in [4.78, 5) is 15.8. The number of hydrogen-bond acceptors (Lipinski definition) is 3. The fourth-order valence-electron chi connectivity index (χ4n) is 1.69. The number of aryl methyl sites for hydroxylation is 1. The topological polar surface area (TPSA) is 65.8 Å². The van der Waals surface area contributed by atoms with Crippen LogP contribution in [0.2, 0.25) is 0 Å². The maximum absolute atomic E-state index is 11.8. The lowest BCUT2D eigenvalue weighted by Crippen LogP contribution is -2.23. The van der Waals surface area contributed by atoms with E-state index in [4.69, 9.17) is 5.26 Å². The van der Waals surface area contributed by atoms with Crippen LogP contribution in [0, 0.1) is 18.3 Å². The van der Waals surface area contributed by atoms with Crippen molar-refractivity contribution >= 4 is 5.91 Å². The second-order valence-electron chi connectivity index (χ2n) is 4.22. The van der Waals surface area contributed by atoms with Crippen molar-refractivity contribution in [3.05, 3.63) is 65.0 Å². The molecule has 0 aliphatic heterocycles. The quantitative estimate of drug-likeness (QED) is 0.909. The lowest BCUT2D eigenvalue weighted by atomic mass is 10.1. The third-order valence-electron chi connectivity index (χ3n) is 2.66. The van der Waals surface area contributed by atoms with E-state index >= 15 is 0 Å². The van der Waals surface area contributed by atoms with Crippen molar-refractivity contribution in [2.45, 2.75) is 13.5 Å². The van der Waals surface area contributed by atoms with Crippen LogP contribution in [0.3, 0.4) is 0 Å². The molecule has 4 nitrogen and oxygen atoms in total. The van der Waals surface area contributed by atoms with Crippen molar-refractivity contribution in [1.82, 2.24) is 10.3 Å². The number of hydrogen-bond donors (Lipinski definition) is 1. The number of benzene rings is 1. The first-order valence-electron chi connectivity index (χ1n) is 5.89. The van der Waals surface area contributed by atoms with Gasteiger partial charge in [0.1, 0.15) is 11.8 Å². The number of nitrogens with one attached hydrogen (secondary N) is 1. The molecule has 0 spiro atoms. The minimum Gasteiger partial charge on any atom is -0.347 e. The van der Waals surface area contributed by atoms with Crippen molar-refractivity contribution in [2.24, 2.45) is 0 Å². The van der Waals surface area contributed by atoms with Crippen molar-refractivity contribution in [2.75, 3.05) is 0 Å². The molecule has 1 N–H and O–H groups in total. The predicted octanol–water partition coefficient (Wildman–Crippen LogP) is 2.19. The molecular formula is C15H13N3O. The van der Waals surface area contributed by atoms with Gasteiger partial charge in [-0.3, -0.25) is 4.79 Å². The minimum atomic E-state index is -0.244. The number of nitrogens with zero attached hydrogens (tertiary/aromatic N) is 2. The zero-order valence-electron chi connectivity index (χ0n) is 10.6.